The van der Waals surface area contributed by atoms with Gasteiger partial charge in [0.15, 0.2) is 0 Å². The van der Waals surface area contributed by atoms with Crippen LogP contribution < -0.4 is 5.32 Å². The predicted molar refractivity (Wildman–Crippen MR) is 44.2 cm³/mol. The van der Waals surface area contributed by atoms with E-state index in [4.69, 9.17) is 0 Å². The van der Waals surface area contributed by atoms with Crippen molar-refractivity contribution in [3.63, 3.8) is 0 Å². The molecule has 0 amide bonds. The summed E-state index contributed by atoms with van der Waals surface area (Å²) < 4.78 is 0. The van der Waals surface area contributed by atoms with Gasteiger partial charge in [-0.2, -0.15) is 0 Å². The maximum absolute atomic E-state index is 3.31. The van der Waals surface area contributed by atoms with E-state index in [9.17, 15) is 0 Å². The Morgan fingerprint density at radius 3 is 2.90 bits per heavy atom. The molecule has 1 N–H and O–H groups in total. The molecule has 0 aromatic rings. The third kappa shape index (κ3) is 1.96. The van der Waals surface area contributed by atoms with Crippen molar-refractivity contribution in [2.24, 2.45) is 0 Å². The molecule has 0 aromatic carbocycles. The fraction of sp³-hybridized carbons (Fsp3) is 1.00. The molecule has 1 heterocycles. The third-order valence-electron chi connectivity index (χ3n) is 2.22. The molecule has 0 unspecified atom stereocenters. The first-order chi connectivity index (χ1) is 4.86. The zero-order valence-corrected chi connectivity index (χ0v) is 7.06. The van der Waals surface area contributed by atoms with Gasteiger partial charge in [-0.25, -0.2) is 0 Å². The molecule has 1 aliphatic heterocycles. The van der Waals surface area contributed by atoms with Crippen molar-refractivity contribution in [3.05, 3.63) is 0 Å². The Morgan fingerprint density at radius 1 is 1.60 bits per heavy atom. The van der Waals surface area contributed by atoms with E-state index in [-0.39, 0.29) is 0 Å². The molecule has 1 aliphatic rings. The Hall–Kier alpha value is -0.0800. The molecular weight excluding hydrogens is 124 g/mol. The number of likely N-dealkylation sites (N-methyl/N-ethyl adjacent to an activating group) is 1. The van der Waals surface area contributed by atoms with Crippen LogP contribution in [-0.2, 0) is 0 Å². The van der Waals surface area contributed by atoms with Gasteiger partial charge >= 0.3 is 0 Å². The standard InChI is InChI=1S/C8H18N2/c1-3-5-10-6-4-8(7-10)9-2/h8-9H,3-7H2,1-2H3/t8-/m0/s1. The van der Waals surface area contributed by atoms with Gasteiger partial charge in [0.05, 0.1) is 0 Å². The summed E-state index contributed by atoms with van der Waals surface area (Å²) in [5, 5.41) is 3.31. The van der Waals surface area contributed by atoms with E-state index in [0.29, 0.717) is 0 Å². The van der Waals surface area contributed by atoms with Gasteiger partial charge in [0.1, 0.15) is 0 Å². The summed E-state index contributed by atoms with van der Waals surface area (Å²) in [7, 11) is 2.06. The molecule has 1 atom stereocenters. The first-order valence-corrected chi connectivity index (χ1v) is 4.26. The van der Waals surface area contributed by atoms with E-state index >= 15 is 0 Å². The Bertz CT molecular complexity index is 93.3. The summed E-state index contributed by atoms with van der Waals surface area (Å²) >= 11 is 0. The molecule has 2 nitrogen and oxygen atoms in total. The van der Waals surface area contributed by atoms with Crippen molar-refractivity contribution in [1.82, 2.24) is 10.2 Å². The van der Waals surface area contributed by atoms with Gasteiger partial charge in [0.25, 0.3) is 0 Å². The van der Waals surface area contributed by atoms with E-state index in [2.05, 4.69) is 24.2 Å². The van der Waals surface area contributed by atoms with Crippen molar-refractivity contribution >= 4 is 0 Å². The van der Waals surface area contributed by atoms with E-state index in [1.165, 1.54) is 32.5 Å². The van der Waals surface area contributed by atoms with E-state index in [1.807, 2.05) is 0 Å². The zero-order chi connectivity index (χ0) is 7.40. The first-order valence-electron chi connectivity index (χ1n) is 4.26. The number of likely N-dealkylation sites (tertiary alicyclic amines) is 1. The molecule has 2 heteroatoms. The molecule has 0 aliphatic carbocycles. The lowest BCUT2D eigenvalue weighted by Gasteiger charge is -2.13. The van der Waals surface area contributed by atoms with Gasteiger partial charge in [0, 0.05) is 12.6 Å². The Balaban J connectivity index is 2.15. The maximum atomic E-state index is 3.31. The minimum Gasteiger partial charge on any atom is -0.316 e. The second-order valence-corrected chi connectivity index (χ2v) is 3.07. The van der Waals surface area contributed by atoms with Crippen LogP contribution in [0.1, 0.15) is 19.8 Å². The predicted octanol–water partition coefficient (Wildman–Crippen LogP) is 0.690. The summed E-state index contributed by atoms with van der Waals surface area (Å²) in [5.74, 6) is 0. The summed E-state index contributed by atoms with van der Waals surface area (Å²) in [6.07, 6.45) is 2.62. The molecule has 0 radical (unpaired) electrons. The number of hydrogen-bond acceptors (Lipinski definition) is 2. The monoisotopic (exact) mass is 142 g/mol. The normalized spacial score (nSPS) is 27.6. The van der Waals surface area contributed by atoms with Crippen molar-refractivity contribution in [2.45, 2.75) is 25.8 Å². The molecular formula is C8H18N2. The van der Waals surface area contributed by atoms with Gasteiger partial charge in [-0.3, -0.25) is 0 Å². The van der Waals surface area contributed by atoms with Crippen LogP contribution in [0.15, 0.2) is 0 Å². The van der Waals surface area contributed by atoms with Crippen LogP contribution in [0.4, 0.5) is 0 Å². The van der Waals surface area contributed by atoms with Crippen molar-refractivity contribution in [2.75, 3.05) is 26.7 Å². The van der Waals surface area contributed by atoms with Gasteiger partial charge in [-0.05, 0) is 33.0 Å². The Kier molecular flexibility index (Phi) is 3.16. The fourth-order valence-corrected chi connectivity index (χ4v) is 1.59. The fourth-order valence-electron chi connectivity index (χ4n) is 1.59. The zero-order valence-electron chi connectivity index (χ0n) is 7.06. The van der Waals surface area contributed by atoms with Gasteiger partial charge < -0.3 is 10.2 Å². The molecule has 0 aromatic heterocycles. The summed E-state index contributed by atoms with van der Waals surface area (Å²) in [6, 6.07) is 0.756. The van der Waals surface area contributed by atoms with Crippen molar-refractivity contribution in [3.8, 4) is 0 Å². The van der Waals surface area contributed by atoms with Crippen LogP contribution in [0.3, 0.4) is 0 Å². The molecule has 1 saturated heterocycles. The smallest absolute Gasteiger partial charge is 0.0204 e. The molecule has 10 heavy (non-hydrogen) atoms. The average molecular weight is 142 g/mol. The van der Waals surface area contributed by atoms with E-state index < -0.39 is 0 Å². The van der Waals surface area contributed by atoms with Crippen molar-refractivity contribution in [1.29, 1.82) is 0 Å². The summed E-state index contributed by atoms with van der Waals surface area (Å²) in [4.78, 5) is 2.53. The van der Waals surface area contributed by atoms with Crippen LogP contribution in [0.25, 0.3) is 0 Å². The molecule has 1 fully saturated rings. The maximum Gasteiger partial charge on any atom is 0.0204 e. The Labute approximate surface area is 63.6 Å². The largest absolute Gasteiger partial charge is 0.316 e. The molecule has 0 saturated carbocycles. The molecule has 0 bridgehead atoms. The summed E-state index contributed by atoms with van der Waals surface area (Å²) in [5.41, 5.74) is 0. The van der Waals surface area contributed by atoms with Crippen LogP contribution in [0, 0.1) is 0 Å². The number of rotatable bonds is 3. The Morgan fingerprint density at radius 2 is 2.40 bits per heavy atom. The molecule has 1 rings (SSSR count). The van der Waals surface area contributed by atoms with Crippen LogP contribution >= 0.6 is 0 Å². The highest BCUT2D eigenvalue weighted by Crippen LogP contribution is 2.07. The van der Waals surface area contributed by atoms with Gasteiger partial charge in [0.2, 0.25) is 0 Å². The SMILES string of the molecule is CCCN1CC[C@H](NC)C1. The van der Waals surface area contributed by atoms with Crippen LogP contribution in [0.5, 0.6) is 0 Å². The van der Waals surface area contributed by atoms with E-state index in [0.717, 1.165) is 6.04 Å². The molecule has 0 spiro atoms. The van der Waals surface area contributed by atoms with Crippen LogP contribution in [0.2, 0.25) is 0 Å². The topological polar surface area (TPSA) is 15.3 Å². The quantitative estimate of drug-likeness (QED) is 0.623. The highest BCUT2D eigenvalue weighted by atomic mass is 15.2. The highest BCUT2D eigenvalue weighted by Gasteiger charge is 2.19. The average Bonchev–Trinajstić information content (AvgIpc) is 2.37. The lowest BCUT2D eigenvalue weighted by Crippen LogP contribution is -2.29. The highest BCUT2D eigenvalue weighted by molar-refractivity contribution is 4.78. The van der Waals surface area contributed by atoms with Crippen LogP contribution in [-0.4, -0.2) is 37.6 Å². The third-order valence-corrected chi connectivity index (χ3v) is 2.22. The minimum atomic E-state index is 0.756. The van der Waals surface area contributed by atoms with Crippen molar-refractivity contribution < 1.29 is 0 Å². The van der Waals surface area contributed by atoms with E-state index in [1.54, 1.807) is 0 Å². The number of nitrogens with one attached hydrogen (secondary N) is 1. The number of nitrogens with zero attached hydrogens (tertiary/aromatic N) is 1. The summed E-state index contributed by atoms with van der Waals surface area (Å²) in [6.45, 7) is 6.06. The molecule has 60 valence electrons. The number of hydrogen-bond donors (Lipinski definition) is 1. The first kappa shape index (κ1) is 8.02. The van der Waals surface area contributed by atoms with Gasteiger partial charge in [-0.15, -0.1) is 0 Å². The second-order valence-electron chi connectivity index (χ2n) is 3.07. The minimum absolute atomic E-state index is 0.756. The lowest BCUT2D eigenvalue weighted by molar-refractivity contribution is 0.330. The van der Waals surface area contributed by atoms with Gasteiger partial charge in [-0.1, -0.05) is 6.92 Å². The lowest BCUT2D eigenvalue weighted by atomic mass is 10.3. The second kappa shape index (κ2) is 3.94.